The average Bonchev–Trinajstić information content (AvgIpc) is 2.93. The standard InChI is InChI=1S/C20H26N4/c1-23(2)13-14-24-19-10-6-9-17(11-12-21)20(19)18(22-24)15-16-7-4-3-5-8-16/h3-5,7-8,17H,6,9-11,13-15H2,1-2H3. The van der Waals surface area contributed by atoms with E-state index in [-0.39, 0.29) is 0 Å². The summed E-state index contributed by atoms with van der Waals surface area (Å²) >= 11 is 0. The predicted octanol–water partition coefficient (Wildman–Crippen LogP) is 3.37. The molecule has 1 heterocycles. The van der Waals surface area contributed by atoms with Crippen LogP contribution in [-0.4, -0.2) is 35.3 Å². The fourth-order valence-electron chi connectivity index (χ4n) is 3.67. The van der Waals surface area contributed by atoms with Crippen LogP contribution in [0.15, 0.2) is 30.3 Å². The zero-order valence-electron chi connectivity index (χ0n) is 14.7. The molecule has 0 amide bonds. The molecule has 126 valence electrons. The highest BCUT2D eigenvalue weighted by Crippen LogP contribution is 2.37. The second-order valence-electron chi connectivity index (χ2n) is 6.95. The lowest BCUT2D eigenvalue weighted by Crippen LogP contribution is -2.21. The number of hydrogen-bond donors (Lipinski definition) is 0. The fraction of sp³-hybridized carbons (Fsp3) is 0.500. The highest BCUT2D eigenvalue weighted by atomic mass is 15.3. The van der Waals surface area contributed by atoms with Crippen molar-refractivity contribution in [3.05, 3.63) is 52.8 Å². The number of fused-ring (bicyclic) bond motifs is 1. The Morgan fingerprint density at radius 2 is 2.08 bits per heavy atom. The van der Waals surface area contributed by atoms with Crippen LogP contribution in [0.25, 0.3) is 0 Å². The molecule has 1 unspecified atom stereocenters. The molecule has 2 aromatic rings. The number of aromatic nitrogens is 2. The smallest absolute Gasteiger partial charge is 0.0706 e. The van der Waals surface area contributed by atoms with Crippen molar-refractivity contribution >= 4 is 0 Å². The van der Waals surface area contributed by atoms with Crippen molar-refractivity contribution in [2.45, 2.75) is 44.6 Å². The monoisotopic (exact) mass is 322 g/mol. The predicted molar refractivity (Wildman–Crippen MR) is 95.9 cm³/mol. The average molecular weight is 322 g/mol. The Hall–Kier alpha value is -2.12. The molecule has 0 bridgehead atoms. The van der Waals surface area contributed by atoms with E-state index in [1.54, 1.807) is 0 Å². The van der Waals surface area contributed by atoms with Crippen LogP contribution in [0, 0.1) is 11.3 Å². The van der Waals surface area contributed by atoms with Crippen molar-refractivity contribution in [2.75, 3.05) is 20.6 Å². The lowest BCUT2D eigenvalue weighted by molar-refractivity contribution is 0.366. The zero-order valence-corrected chi connectivity index (χ0v) is 14.7. The lowest BCUT2D eigenvalue weighted by atomic mass is 9.82. The molecule has 0 aliphatic heterocycles. The Bertz CT molecular complexity index is 709. The van der Waals surface area contributed by atoms with Gasteiger partial charge in [0.1, 0.15) is 0 Å². The van der Waals surface area contributed by atoms with Gasteiger partial charge in [-0.2, -0.15) is 10.4 Å². The molecule has 0 radical (unpaired) electrons. The van der Waals surface area contributed by atoms with E-state index < -0.39 is 0 Å². The van der Waals surface area contributed by atoms with E-state index in [2.05, 4.69) is 54.0 Å². The van der Waals surface area contributed by atoms with E-state index in [1.807, 2.05) is 6.07 Å². The third-order valence-electron chi connectivity index (χ3n) is 4.86. The van der Waals surface area contributed by atoms with Crippen LogP contribution in [0.3, 0.4) is 0 Å². The minimum atomic E-state index is 0.352. The van der Waals surface area contributed by atoms with Gasteiger partial charge >= 0.3 is 0 Å². The van der Waals surface area contributed by atoms with E-state index in [0.717, 1.165) is 38.8 Å². The first-order chi connectivity index (χ1) is 11.7. The second kappa shape index (κ2) is 7.63. The van der Waals surface area contributed by atoms with E-state index in [9.17, 15) is 5.26 Å². The van der Waals surface area contributed by atoms with Crippen molar-refractivity contribution in [1.29, 1.82) is 5.26 Å². The third kappa shape index (κ3) is 3.68. The molecule has 4 nitrogen and oxygen atoms in total. The Morgan fingerprint density at radius 3 is 2.79 bits per heavy atom. The summed E-state index contributed by atoms with van der Waals surface area (Å²) in [5.41, 5.74) is 5.20. The van der Waals surface area contributed by atoms with E-state index in [1.165, 1.54) is 22.5 Å². The van der Waals surface area contributed by atoms with Crippen LogP contribution in [0.2, 0.25) is 0 Å². The van der Waals surface area contributed by atoms with Crippen molar-refractivity contribution in [1.82, 2.24) is 14.7 Å². The van der Waals surface area contributed by atoms with Gasteiger partial charge in [-0.3, -0.25) is 4.68 Å². The van der Waals surface area contributed by atoms with E-state index in [4.69, 9.17) is 5.10 Å². The first kappa shape index (κ1) is 16.7. The zero-order chi connectivity index (χ0) is 16.9. The maximum atomic E-state index is 9.22. The van der Waals surface area contributed by atoms with Gasteiger partial charge in [0.05, 0.1) is 18.3 Å². The number of likely N-dealkylation sites (N-methyl/N-ethyl adjacent to an activating group) is 1. The minimum absolute atomic E-state index is 0.352. The normalized spacial score (nSPS) is 16.8. The van der Waals surface area contributed by atoms with Crippen molar-refractivity contribution in [3.8, 4) is 6.07 Å². The van der Waals surface area contributed by atoms with Crippen LogP contribution >= 0.6 is 0 Å². The Kier molecular flexibility index (Phi) is 5.32. The Morgan fingerprint density at radius 1 is 1.29 bits per heavy atom. The summed E-state index contributed by atoms with van der Waals surface area (Å²) in [5, 5.41) is 14.2. The molecular weight excluding hydrogens is 296 g/mol. The number of hydrogen-bond acceptors (Lipinski definition) is 3. The summed E-state index contributed by atoms with van der Waals surface area (Å²) in [7, 11) is 4.19. The van der Waals surface area contributed by atoms with Gasteiger partial charge in [-0.15, -0.1) is 0 Å². The first-order valence-electron chi connectivity index (χ1n) is 8.83. The Balaban J connectivity index is 1.95. The summed E-state index contributed by atoms with van der Waals surface area (Å²) in [5.74, 6) is 0.352. The van der Waals surface area contributed by atoms with Crippen LogP contribution in [0.5, 0.6) is 0 Å². The highest BCUT2D eigenvalue weighted by molar-refractivity contribution is 5.36. The van der Waals surface area contributed by atoms with Gasteiger partial charge in [0.25, 0.3) is 0 Å². The molecule has 0 fully saturated rings. The van der Waals surface area contributed by atoms with Crippen molar-refractivity contribution < 1.29 is 0 Å². The van der Waals surface area contributed by atoms with Crippen LogP contribution in [-0.2, 0) is 19.4 Å². The summed E-state index contributed by atoms with van der Waals surface area (Å²) in [6.45, 7) is 1.91. The van der Waals surface area contributed by atoms with Gasteiger partial charge in [-0.05, 0) is 38.9 Å². The first-order valence-corrected chi connectivity index (χ1v) is 8.83. The Labute approximate surface area is 144 Å². The summed E-state index contributed by atoms with van der Waals surface area (Å²) in [4.78, 5) is 2.19. The van der Waals surface area contributed by atoms with Crippen LogP contribution in [0.4, 0.5) is 0 Å². The quantitative estimate of drug-likeness (QED) is 0.819. The number of nitrogens with zero attached hydrogens (tertiary/aromatic N) is 4. The van der Waals surface area contributed by atoms with Gasteiger partial charge < -0.3 is 4.90 Å². The highest BCUT2D eigenvalue weighted by Gasteiger charge is 2.28. The molecule has 24 heavy (non-hydrogen) atoms. The molecule has 1 aliphatic rings. The summed E-state index contributed by atoms with van der Waals surface area (Å²) in [6, 6.07) is 12.9. The fourth-order valence-corrected chi connectivity index (χ4v) is 3.67. The number of benzene rings is 1. The maximum absolute atomic E-state index is 9.22. The molecule has 1 aliphatic carbocycles. The topological polar surface area (TPSA) is 44.9 Å². The molecule has 0 N–H and O–H groups in total. The van der Waals surface area contributed by atoms with E-state index in [0.29, 0.717) is 12.3 Å². The van der Waals surface area contributed by atoms with Crippen LogP contribution < -0.4 is 0 Å². The molecule has 3 rings (SSSR count). The SMILES string of the molecule is CN(C)CCn1nc(Cc2ccccc2)c2c1CCCC2CC#N. The van der Waals surface area contributed by atoms with Gasteiger partial charge in [0, 0.05) is 36.6 Å². The molecular formula is C20H26N4. The third-order valence-corrected chi connectivity index (χ3v) is 4.86. The molecule has 1 aromatic carbocycles. The number of rotatable bonds is 6. The molecule has 1 aromatic heterocycles. The molecule has 0 saturated heterocycles. The second-order valence-corrected chi connectivity index (χ2v) is 6.95. The molecule has 4 heteroatoms. The lowest BCUT2D eigenvalue weighted by Gasteiger charge is -2.22. The largest absolute Gasteiger partial charge is 0.308 e. The van der Waals surface area contributed by atoms with Gasteiger partial charge in [0.15, 0.2) is 0 Å². The van der Waals surface area contributed by atoms with Crippen LogP contribution in [0.1, 0.15) is 47.7 Å². The molecule has 1 atom stereocenters. The molecule has 0 spiro atoms. The number of nitriles is 1. The van der Waals surface area contributed by atoms with Gasteiger partial charge in [-0.25, -0.2) is 0 Å². The maximum Gasteiger partial charge on any atom is 0.0706 e. The molecule has 0 saturated carbocycles. The summed E-state index contributed by atoms with van der Waals surface area (Å²) < 4.78 is 2.21. The van der Waals surface area contributed by atoms with Crippen molar-refractivity contribution in [3.63, 3.8) is 0 Å². The van der Waals surface area contributed by atoms with Crippen molar-refractivity contribution in [2.24, 2.45) is 0 Å². The van der Waals surface area contributed by atoms with E-state index >= 15 is 0 Å². The minimum Gasteiger partial charge on any atom is -0.308 e. The van der Waals surface area contributed by atoms with Gasteiger partial charge in [-0.1, -0.05) is 30.3 Å². The van der Waals surface area contributed by atoms with Gasteiger partial charge in [0.2, 0.25) is 0 Å². The summed E-state index contributed by atoms with van der Waals surface area (Å²) in [6.07, 6.45) is 4.83.